The second-order valence-electron chi connectivity index (χ2n) is 4.45. The minimum absolute atomic E-state index is 0.0421. The number of fused-ring (bicyclic) bond motifs is 1. The van der Waals surface area contributed by atoms with Crippen LogP contribution < -0.4 is 5.56 Å². The number of benzene rings is 1. The number of rotatable bonds is 5. The van der Waals surface area contributed by atoms with E-state index in [0.29, 0.717) is 11.3 Å². The van der Waals surface area contributed by atoms with E-state index in [1.807, 2.05) is 0 Å². The highest BCUT2D eigenvalue weighted by Gasteiger charge is 2.18. The molecule has 7 heteroatoms. The van der Waals surface area contributed by atoms with Gasteiger partial charge >= 0.3 is 0 Å². The van der Waals surface area contributed by atoms with Gasteiger partial charge in [0.2, 0.25) is 0 Å². The molecule has 0 amide bonds. The molecular formula is C13H15N3O3S. The van der Waals surface area contributed by atoms with Gasteiger partial charge in [0, 0.05) is 11.0 Å². The highest BCUT2D eigenvalue weighted by molar-refractivity contribution is 7.99. The fourth-order valence-electron chi connectivity index (χ4n) is 1.90. The first-order valence-electron chi connectivity index (χ1n) is 6.34. The Balaban J connectivity index is 2.58. The molecule has 0 radical (unpaired) electrons. The van der Waals surface area contributed by atoms with Gasteiger partial charge in [-0.3, -0.25) is 14.9 Å². The molecule has 1 aromatic carbocycles. The summed E-state index contributed by atoms with van der Waals surface area (Å²) in [6, 6.07) is 3.19. The van der Waals surface area contributed by atoms with Crippen molar-refractivity contribution in [3.63, 3.8) is 0 Å². The minimum atomic E-state index is -0.529. The van der Waals surface area contributed by atoms with Gasteiger partial charge in [-0.15, -0.1) is 11.8 Å². The summed E-state index contributed by atoms with van der Waals surface area (Å²) in [4.78, 5) is 30.0. The van der Waals surface area contributed by atoms with Crippen LogP contribution in [0.2, 0.25) is 0 Å². The number of H-pyrrole nitrogens is 1. The Hall–Kier alpha value is -1.89. The molecule has 0 aliphatic carbocycles. The maximum absolute atomic E-state index is 11.9. The first kappa shape index (κ1) is 14.5. The van der Waals surface area contributed by atoms with Crippen LogP contribution in [0.5, 0.6) is 0 Å². The number of non-ortho nitro benzene ring substituents is 1. The largest absolute Gasteiger partial charge is 0.310 e. The van der Waals surface area contributed by atoms with E-state index in [0.717, 1.165) is 23.5 Å². The Labute approximate surface area is 119 Å². The third-order valence-corrected chi connectivity index (χ3v) is 3.91. The lowest BCUT2D eigenvalue weighted by molar-refractivity contribution is -0.383. The molecule has 0 bridgehead atoms. The number of aromatic nitrogens is 2. The molecule has 0 aliphatic heterocycles. The summed E-state index contributed by atoms with van der Waals surface area (Å²) in [5.74, 6) is 1.34. The molecule has 1 N–H and O–H groups in total. The smallest absolute Gasteiger partial charge is 0.285 e. The van der Waals surface area contributed by atoms with Crippen molar-refractivity contribution in [3.05, 3.63) is 38.4 Å². The summed E-state index contributed by atoms with van der Waals surface area (Å²) in [5.41, 5.74) is -0.279. The Kier molecular flexibility index (Phi) is 4.39. The molecule has 1 heterocycles. The molecular weight excluding hydrogens is 278 g/mol. The molecule has 106 valence electrons. The van der Waals surface area contributed by atoms with Crippen molar-refractivity contribution in [2.75, 3.05) is 5.75 Å². The molecule has 2 aromatic rings. The van der Waals surface area contributed by atoms with E-state index in [1.165, 1.54) is 6.07 Å². The number of nitrogens with one attached hydrogen (secondary N) is 1. The van der Waals surface area contributed by atoms with Crippen LogP contribution in [-0.2, 0) is 0 Å². The minimum Gasteiger partial charge on any atom is -0.310 e. The van der Waals surface area contributed by atoms with E-state index in [9.17, 15) is 14.9 Å². The second-order valence-corrected chi connectivity index (χ2v) is 5.62. The Morgan fingerprint density at radius 3 is 2.85 bits per heavy atom. The molecule has 0 saturated heterocycles. The van der Waals surface area contributed by atoms with Gasteiger partial charge in [0.1, 0.15) is 11.2 Å². The van der Waals surface area contributed by atoms with Crippen molar-refractivity contribution in [2.45, 2.75) is 31.6 Å². The monoisotopic (exact) mass is 293 g/mol. The number of hydrogen-bond acceptors (Lipinski definition) is 5. The summed E-state index contributed by atoms with van der Waals surface area (Å²) < 4.78 is 0. The number of aromatic amines is 1. The Morgan fingerprint density at radius 2 is 2.20 bits per heavy atom. The highest BCUT2D eigenvalue weighted by atomic mass is 32.2. The molecule has 0 saturated carbocycles. The zero-order chi connectivity index (χ0) is 14.7. The summed E-state index contributed by atoms with van der Waals surface area (Å²) in [6.07, 6.45) is 2.11. The van der Waals surface area contributed by atoms with Crippen molar-refractivity contribution in [3.8, 4) is 0 Å². The van der Waals surface area contributed by atoms with Crippen LogP contribution in [0.3, 0.4) is 0 Å². The normalized spacial score (nSPS) is 10.9. The molecule has 0 spiro atoms. The average Bonchev–Trinajstić information content (AvgIpc) is 2.37. The van der Waals surface area contributed by atoms with Crippen molar-refractivity contribution < 1.29 is 4.92 Å². The lowest BCUT2D eigenvalue weighted by atomic mass is 10.2. The summed E-state index contributed by atoms with van der Waals surface area (Å²) in [5, 5.41) is 11.2. The van der Waals surface area contributed by atoms with Gasteiger partial charge in [0.15, 0.2) is 0 Å². The van der Waals surface area contributed by atoms with Gasteiger partial charge < -0.3 is 4.98 Å². The number of hydrogen-bond donors (Lipinski definition) is 1. The number of nitro benzene ring substituents is 1. The summed E-state index contributed by atoms with van der Waals surface area (Å²) >= 11 is 1.55. The van der Waals surface area contributed by atoms with Crippen molar-refractivity contribution in [2.24, 2.45) is 0 Å². The fourth-order valence-corrected chi connectivity index (χ4v) is 2.96. The zero-order valence-electron chi connectivity index (χ0n) is 11.3. The first-order chi connectivity index (χ1) is 9.52. The standard InChI is InChI=1S/C13H15N3O3S/c1-3-4-5-20-9-6-10-12(11(7-9)16(18)19)13(17)15-8(2)14-10/h6-7H,3-5H2,1-2H3,(H,14,15,17). The van der Waals surface area contributed by atoms with Crippen LogP contribution in [0.1, 0.15) is 25.6 Å². The van der Waals surface area contributed by atoms with E-state index < -0.39 is 10.5 Å². The Bertz CT molecular complexity index is 712. The summed E-state index contributed by atoms with van der Waals surface area (Å²) in [7, 11) is 0. The molecule has 1 aromatic heterocycles. The second kappa shape index (κ2) is 6.04. The quantitative estimate of drug-likeness (QED) is 0.396. The van der Waals surface area contributed by atoms with Crippen molar-refractivity contribution >= 4 is 28.4 Å². The van der Waals surface area contributed by atoms with Crippen LogP contribution >= 0.6 is 11.8 Å². The summed E-state index contributed by atoms with van der Waals surface area (Å²) in [6.45, 7) is 3.75. The van der Waals surface area contributed by atoms with E-state index in [-0.39, 0.29) is 11.1 Å². The average molecular weight is 293 g/mol. The molecule has 6 nitrogen and oxygen atoms in total. The molecule has 0 unspecified atom stereocenters. The van der Waals surface area contributed by atoms with Gasteiger partial charge in [0.25, 0.3) is 11.2 Å². The Morgan fingerprint density at radius 1 is 1.45 bits per heavy atom. The lowest BCUT2D eigenvalue weighted by Crippen LogP contribution is -2.11. The molecule has 0 fully saturated rings. The van der Waals surface area contributed by atoms with Crippen molar-refractivity contribution in [1.29, 1.82) is 0 Å². The molecule has 0 aliphatic rings. The number of thioether (sulfide) groups is 1. The molecule has 0 atom stereocenters. The SMILES string of the molecule is CCCCSc1cc([N+](=O)[O-])c2c(=O)[nH]c(C)nc2c1. The number of aryl methyl sites for hydroxylation is 1. The number of nitro groups is 1. The number of unbranched alkanes of at least 4 members (excludes halogenated alkanes) is 1. The van der Waals surface area contributed by atoms with Crippen LogP contribution in [0.25, 0.3) is 10.9 Å². The number of nitrogens with zero attached hydrogens (tertiary/aromatic N) is 2. The van der Waals surface area contributed by atoms with E-state index in [4.69, 9.17) is 0 Å². The van der Waals surface area contributed by atoms with E-state index >= 15 is 0 Å². The maximum Gasteiger partial charge on any atom is 0.285 e. The van der Waals surface area contributed by atoms with Gasteiger partial charge in [-0.1, -0.05) is 13.3 Å². The molecule has 2 rings (SSSR count). The zero-order valence-corrected chi connectivity index (χ0v) is 12.1. The first-order valence-corrected chi connectivity index (χ1v) is 7.33. The van der Waals surface area contributed by atoms with Gasteiger partial charge in [-0.05, 0) is 25.2 Å². The van der Waals surface area contributed by atoms with Gasteiger partial charge in [0.05, 0.1) is 10.4 Å². The topological polar surface area (TPSA) is 88.9 Å². The molecule has 20 heavy (non-hydrogen) atoms. The maximum atomic E-state index is 11.9. The fraction of sp³-hybridized carbons (Fsp3) is 0.385. The third kappa shape index (κ3) is 2.98. The van der Waals surface area contributed by atoms with E-state index in [1.54, 1.807) is 24.8 Å². The van der Waals surface area contributed by atoms with Crippen LogP contribution in [-0.4, -0.2) is 20.6 Å². The van der Waals surface area contributed by atoms with Gasteiger partial charge in [-0.25, -0.2) is 4.98 Å². The lowest BCUT2D eigenvalue weighted by Gasteiger charge is -2.04. The predicted octanol–water partition coefficient (Wildman–Crippen LogP) is 3.03. The van der Waals surface area contributed by atoms with E-state index in [2.05, 4.69) is 16.9 Å². The van der Waals surface area contributed by atoms with Crippen LogP contribution in [0.4, 0.5) is 5.69 Å². The third-order valence-electron chi connectivity index (χ3n) is 2.84. The van der Waals surface area contributed by atoms with Crippen molar-refractivity contribution in [1.82, 2.24) is 9.97 Å². The van der Waals surface area contributed by atoms with Gasteiger partial charge in [-0.2, -0.15) is 0 Å². The van der Waals surface area contributed by atoms with Crippen LogP contribution in [0, 0.1) is 17.0 Å². The van der Waals surface area contributed by atoms with Crippen LogP contribution in [0.15, 0.2) is 21.8 Å². The highest BCUT2D eigenvalue weighted by Crippen LogP contribution is 2.29. The predicted molar refractivity (Wildman–Crippen MR) is 79.4 cm³/mol.